The van der Waals surface area contributed by atoms with Gasteiger partial charge >= 0.3 is 0 Å². The second-order valence-corrected chi connectivity index (χ2v) is 20.9. The van der Waals surface area contributed by atoms with E-state index in [-0.39, 0.29) is 21.7 Å². The fourth-order valence-electron chi connectivity index (χ4n) is 12.8. The fourth-order valence-corrected chi connectivity index (χ4v) is 12.8. The van der Waals surface area contributed by atoms with Crippen molar-refractivity contribution in [3.05, 3.63) is 214 Å². The highest BCUT2D eigenvalue weighted by Gasteiger charge is 2.45. The Bertz CT molecular complexity index is 3230. The van der Waals surface area contributed by atoms with Gasteiger partial charge in [0, 0.05) is 43.2 Å². The average Bonchev–Trinajstić information content (AvgIpc) is 3.67. The maximum atomic E-state index is 2.63. The first kappa shape index (κ1) is 37.6. The summed E-state index contributed by atoms with van der Waals surface area (Å²) in [5.74, 6) is 0. The van der Waals surface area contributed by atoms with Crippen molar-refractivity contribution in [1.29, 1.82) is 0 Å². The first-order valence-corrected chi connectivity index (χ1v) is 23.1. The third-order valence-corrected chi connectivity index (χ3v) is 16.2. The highest BCUT2D eigenvalue weighted by molar-refractivity contribution is 6.24. The number of rotatable bonds is 2. The molecule has 0 aromatic heterocycles. The van der Waals surface area contributed by atoms with Crippen LogP contribution in [0.5, 0.6) is 0 Å². The van der Waals surface area contributed by atoms with Crippen molar-refractivity contribution >= 4 is 55.7 Å². The van der Waals surface area contributed by atoms with Crippen molar-refractivity contribution in [1.82, 2.24) is 0 Å². The molecule has 310 valence electrons. The number of fused-ring (bicyclic) bond motifs is 12. The van der Waals surface area contributed by atoms with Crippen molar-refractivity contribution in [2.75, 3.05) is 9.80 Å². The lowest BCUT2D eigenvalue weighted by Gasteiger charge is -2.45. The molecule has 2 heteroatoms. The topological polar surface area (TPSA) is 6.48 Å². The molecule has 9 aromatic rings. The quantitative estimate of drug-likeness (QED) is 0.160. The number of hydrogen-bond acceptors (Lipinski definition) is 2. The van der Waals surface area contributed by atoms with Gasteiger partial charge < -0.3 is 9.80 Å². The van der Waals surface area contributed by atoms with Gasteiger partial charge in [-0.05, 0) is 91.0 Å². The summed E-state index contributed by atoms with van der Waals surface area (Å²) < 4.78 is 0. The molecule has 0 unspecified atom stereocenters. The summed E-state index contributed by atoms with van der Waals surface area (Å²) in [6.07, 6.45) is 0. The molecule has 0 radical (unpaired) electrons. The fraction of sp³-hybridized carbons (Fsp3) is 0.194. The lowest BCUT2D eigenvalue weighted by Crippen LogP contribution is -2.32. The molecule has 9 aromatic carbocycles. The minimum absolute atomic E-state index is 0.104. The predicted molar refractivity (Wildman–Crippen MR) is 270 cm³/mol. The first-order valence-electron chi connectivity index (χ1n) is 23.1. The number of para-hydroxylation sites is 2. The molecule has 0 fully saturated rings. The largest absolute Gasteiger partial charge is 0.309 e. The molecular formula is C62H52N2. The monoisotopic (exact) mass is 824 g/mol. The van der Waals surface area contributed by atoms with Crippen LogP contribution in [0.2, 0.25) is 0 Å². The summed E-state index contributed by atoms with van der Waals surface area (Å²) in [7, 11) is 0. The van der Waals surface area contributed by atoms with Gasteiger partial charge in [0.05, 0.1) is 34.1 Å². The maximum absolute atomic E-state index is 2.63. The molecule has 0 spiro atoms. The van der Waals surface area contributed by atoms with Gasteiger partial charge in [0.2, 0.25) is 0 Å². The Kier molecular flexibility index (Phi) is 7.30. The van der Waals surface area contributed by atoms with Crippen LogP contribution in [0.4, 0.5) is 34.1 Å². The maximum Gasteiger partial charge on any atom is 0.0620 e. The van der Waals surface area contributed by atoms with E-state index < -0.39 is 0 Å². The molecular weight excluding hydrogens is 773 g/mol. The third-order valence-electron chi connectivity index (χ3n) is 16.2. The minimum atomic E-state index is -0.227. The number of anilines is 6. The Hall–Kier alpha value is -6.90. The van der Waals surface area contributed by atoms with Crippen molar-refractivity contribution in [2.24, 2.45) is 0 Å². The molecule has 2 aliphatic heterocycles. The Balaban J connectivity index is 1.14. The van der Waals surface area contributed by atoms with E-state index in [1.165, 1.54) is 122 Å². The van der Waals surface area contributed by atoms with Gasteiger partial charge in [-0.3, -0.25) is 0 Å². The van der Waals surface area contributed by atoms with Crippen LogP contribution >= 0.6 is 0 Å². The van der Waals surface area contributed by atoms with Crippen molar-refractivity contribution in [3.63, 3.8) is 0 Å². The Morgan fingerprint density at radius 1 is 0.250 bits per heavy atom. The van der Waals surface area contributed by atoms with E-state index >= 15 is 0 Å². The Labute approximate surface area is 377 Å². The van der Waals surface area contributed by atoms with Crippen LogP contribution in [0.1, 0.15) is 99.9 Å². The van der Waals surface area contributed by atoms with E-state index in [1.54, 1.807) is 0 Å². The van der Waals surface area contributed by atoms with Crippen LogP contribution in [0, 0.1) is 0 Å². The predicted octanol–water partition coefficient (Wildman–Crippen LogP) is 16.8. The Morgan fingerprint density at radius 3 is 0.922 bits per heavy atom. The molecule has 13 rings (SSSR count). The summed E-state index contributed by atoms with van der Waals surface area (Å²) in [5.41, 5.74) is 23.2. The Morgan fingerprint density at radius 2 is 0.547 bits per heavy atom. The van der Waals surface area contributed by atoms with E-state index in [9.17, 15) is 0 Å². The molecule has 0 N–H and O–H groups in total. The molecule has 0 bridgehead atoms. The van der Waals surface area contributed by atoms with Crippen molar-refractivity contribution < 1.29 is 0 Å². The molecule has 2 nitrogen and oxygen atoms in total. The van der Waals surface area contributed by atoms with E-state index in [2.05, 4.69) is 235 Å². The van der Waals surface area contributed by atoms with Crippen molar-refractivity contribution in [3.8, 4) is 22.3 Å². The second kappa shape index (κ2) is 12.4. The highest BCUT2D eigenvalue weighted by atomic mass is 15.2. The first-order chi connectivity index (χ1) is 30.8. The zero-order valence-corrected chi connectivity index (χ0v) is 38.1. The van der Waals surface area contributed by atoms with Gasteiger partial charge in [0.25, 0.3) is 0 Å². The molecule has 0 atom stereocenters. The van der Waals surface area contributed by atoms with Gasteiger partial charge in [-0.15, -0.1) is 0 Å². The van der Waals surface area contributed by atoms with E-state index in [4.69, 9.17) is 0 Å². The number of benzene rings is 9. The summed E-state index contributed by atoms with van der Waals surface area (Å²) in [5, 5.41) is 4.92. The van der Waals surface area contributed by atoms with Gasteiger partial charge in [-0.1, -0.05) is 201 Å². The van der Waals surface area contributed by atoms with E-state index in [0.717, 1.165) is 0 Å². The van der Waals surface area contributed by atoms with Gasteiger partial charge in [0.15, 0.2) is 0 Å². The molecule has 64 heavy (non-hydrogen) atoms. The molecule has 0 amide bonds. The van der Waals surface area contributed by atoms with Gasteiger partial charge in [-0.25, -0.2) is 0 Å². The van der Waals surface area contributed by atoms with Crippen LogP contribution in [-0.2, 0) is 21.7 Å². The van der Waals surface area contributed by atoms with E-state index in [0.29, 0.717) is 0 Å². The van der Waals surface area contributed by atoms with Crippen molar-refractivity contribution in [2.45, 2.75) is 77.0 Å². The third kappa shape index (κ3) is 4.61. The lowest BCUT2D eigenvalue weighted by atomic mass is 9.71. The highest BCUT2D eigenvalue weighted by Crippen LogP contribution is 2.62. The van der Waals surface area contributed by atoms with Crippen LogP contribution in [0.25, 0.3) is 43.8 Å². The minimum Gasteiger partial charge on any atom is -0.309 e. The smallest absolute Gasteiger partial charge is 0.0620 e. The zero-order chi connectivity index (χ0) is 43.7. The van der Waals surface area contributed by atoms with Gasteiger partial charge in [0.1, 0.15) is 0 Å². The number of nitrogens with zero attached hydrogens (tertiary/aromatic N) is 2. The van der Waals surface area contributed by atoms with Crippen LogP contribution in [-0.4, -0.2) is 0 Å². The summed E-state index contributed by atoms with van der Waals surface area (Å²) in [6, 6.07) is 65.0. The SMILES string of the molecule is CC1(C)c2ccccc2-c2cc3c(cc21)C(C)(C)c1ccccc1N3c1c2ccccc2c(N2c3ccccc3C(C)(C)c3cc4c(cc32)-c2ccccc2C4(C)C)c2ccccc12. The van der Waals surface area contributed by atoms with E-state index in [1.807, 2.05) is 0 Å². The summed E-state index contributed by atoms with van der Waals surface area (Å²) in [6.45, 7) is 19.3. The normalized spacial score (nSPS) is 17.2. The zero-order valence-electron chi connectivity index (χ0n) is 38.1. The standard InChI is InChI=1S/C62H52N2/c1-59(2)45-27-15-13-21-37(45)43-33-55-51(35-49(43)59)61(5,6)47-29-17-19-31-53(47)63(55)57-39-23-9-11-25-41(39)58(42-26-12-10-24-40(42)57)64-54-32-20-18-30-48(54)62(7,8)52-36-50-44(34-56(52)64)38-22-14-16-28-46(38)60(50,3)4/h9-36H,1-8H3. The molecule has 2 heterocycles. The van der Waals surface area contributed by atoms with Crippen LogP contribution in [0.15, 0.2) is 170 Å². The number of hydrogen-bond donors (Lipinski definition) is 0. The second-order valence-electron chi connectivity index (χ2n) is 20.9. The van der Waals surface area contributed by atoms with Crippen LogP contribution < -0.4 is 9.80 Å². The summed E-state index contributed by atoms with van der Waals surface area (Å²) in [4.78, 5) is 5.26. The molecule has 4 aliphatic rings. The molecule has 0 saturated heterocycles. The summed E-state index contributed by atoms with van der Waals surface area (Å²) >= 11 is 0. The molecule has 2 aliphatic carbocycles. The van der Waals surface area contributed by atoms with Crippen LogP contribution in [0.3, 0.4) is 0 Å². The average molecular weight is 825 g/mol. The van der Waals surface area contributed by atoms with Gasteiger partial charge in [-0.2, -0.15) is 0 Å². The molecule has 0 saturated carbocycles. The lowest BCUT2D eigenvalue weighted by molar-refractivity contribution is 0.619.